The Morgan fingerprint density at radius 2 is 2.14 bits per heavy atom. The van der Waals surface area contributed by atoms with E-state index >= 15 is 0 Å². The molecule has 0 fully saturated rings. The molecule has 0 radical (unpaired) electrons. The van der Waals surface area contributed by atoms with Crippen LogP contribution in [0.4, 0.5) is 5.82 Å². The Hall–Kier alpha value is -1.90. The van der Waals surface area contributed by atoms with Gasteiger partial charge in [0.2, 0.25) is 11.8 Å². The average molecular weight is 485 g/mol. The predicted octanol–water partition coefficient (Wildman–Crippen LogP) is 2.56. The van der Waals surface area contributed by atoms with Gasteiger partial charge in [-0.25, -0.2) is 4.98 Å². The number of carbonyl (C=O) groups is 2. The topological polar surface area (TPSA) is 86.4 Å². The van der Waals surface area contributed by atoms with Gasteiger partial charge in [0.15, 0.2) is 0 Å². The molecule has 3 rings (SSSR count). The van der Waals surface area contributed by atoms with E-state index in [0.29, 0.717) is 12.4 Å². The molecule has 2 atom stereocenters. The molecule has 3 N–H and O–H groups in total. The monoisotopic (exact) mass is 483 g/mol. The van der Waals surface area contributed by atoms with Crippen molar-refractivity contribution in [2.45, 2.75) is 32.2 Å². The fourth-order valence-corrected chi connectivity index (χ4v) is 3.93. The second kappa shape index (κ2) is 9.73. The summed E-state index contributed by atoms with van der Waals surface area (Å²) in [7, 11) is 4.03. The minimum Gasteiger partial charge on any atom is -0.378 e. The van der Waals surface area contributed by atoms with Crippen molar-refractivity contribution in [3.8, 4) is 0 Å². The van der Waals surface area contributed by atoms with Crippen LogP contribution in [0.1, 0.15) is 31.7 Å². The van der Waals surface area contributed by atoms with E-state index in [1.807, 2.05) is 40.1 Å². The summed E-state index contributed by atoms with van der Waals surface area (Å²) in [6, 6.07) is 1.79. The highest BCUT2D eigenvalue weighted by Crippen LogP contribution is 2.36. The fourth-order valence-electron chi connectivity index (χ4n) is 3.58. The van der Waals surface area contributed by atoms with Crippen molar-refractivity contribution in [2.75, 3.05) is 32.5 Å². The van der Waals surface area contributed by atoms with E-state index in [0.717, 1.165) is 39.8 Å². The van der Waals surface area contributed by atoms with Gasteiger partial charge in [-0.05, 0) is 74.6 Å². The first-order valence-corrected chi connectivity index (χ1v) is 10.2. The molecule has 158 valence electrons. The molecule has 1 aromatic rings. The maximum atomic E-state index is 12.7. The zero-order valence-corrected chi connectivity index (χ0v) is 19.4. The SMILES string of the molecule is CC1=C(C(=O)NCCCN(C)C)C(C)N/C1=C\C1C(=O)Nc2ncc(Br)cc21.Cl. The molecule has 29 heavy (non-hydrogen) atoms. The number of pyridine rings is 1. The Morgan fingerprint density at radius 1 is 1.41 bits per heavy atom. The molecule has 2 aliphatic rings. The van der Waals surface area contributed by atoms with Crippen LogP contribution < -0.4 is 16.0 Å². The Kier molecular flexibility index (Phi) is 7.85. The van der Waals surface area contributed by atoms with Crippen molar-refractivity contribution in [3.05, 3.63) is 45.2 Å². The number of anilines is 1. The first kappa shape index (κ1) is 23.4. The van der Waals surface area contributed by atoms with Crippen LogP contribution in [0.25, 0.3) is 0 Å². The molecule has 2 amide bonds. The third-order valence-corrected chi connectivity index (χ3v) is 5.44. The molecule has 0 bridgehead atoms. The number of fused-ring (bicyclic) bond motifs is 1. The zero-order chi connectivity index (χ0) is 20.4. The van der Waals surface area contributed by atoms with E-state index < -0.39 is 5.92 Å². The highest BCUT2D eigenvalue weighted by atomic mass is 79.9. The molecule has 0 aromatic carbocycles. The van der Waals surface area contributed by atoms with Crippen LogP contribution in [0.3, 0.4) is 0 Å². The van der Waals surface area contributed by atoms with Gasteiger partial charge in [-0.1, -0.05) is 0 Å². The van der Waals surface area contributed by atoms with Crippen LogP contribution in [0.2, 0.25) is 0 Å². The summed E-state index contributed by atoms with van der Waals surface area (Å²) in [5.41, 5.74) is 3.25. The van der Waals surface area contributed by atoms with E-state index in [2.05, 4.69) is 41.8 Å². The van der Waals surface area contributed by atoms with Crippen LogP contribution >= 0.6 is 28.3 Å². The summed E-state index contributed by atoms with van der Waals surface area (Å²) >= 11 is 3.41. The largest absolute Gasteiger partial charge is 0.378 e. The van der Waals surface area contributed by atoms with Gasteiger partial charge >= 0.3 is 0 Å². The summed E-state index contributed by atoms with van der Waals surface area (Å²) < 4.78 is 0.823. The molecule has 2 aliphatic heterocycles. The van der Waals surface area contributed by atoms with Crippen molar-refractivity contribution in [2.24, 2.45) is 0 Å². The second-order valence-corrected chi connectivity index (χ2v) is 8.37. The molecule has 3 heterocycles. The lowest BCUT2D eigenvalue weighted by Crippen LogP contribution is -2.33. The number of allylic oxidation sites excluding steroid dienone is 1. The van der Waals surface area contributed by atoms with Crippen molar-refractivity contribution in [1.29, 1.82) is 0 Å². The third-order valence-electron chi connectivity index (χ3n) is 5.00. The van der Waals surface area contributed by atoms with Crippen LogP contribution in [-0.2, 0) is 9.59 Å². The third kappa shape index (κ3) is 5.18. The quantitative estimate of drug-likeness (QED) is 0.540. The summed E-state index contributed by atoms with van der Waals surface area (Å²) in [6.07, 6.45) is 4.44. The van der Waals surface area contributed by atoms with Gasteiger partial charge < -0.3 is 20.9 Å². The number of aromatic nitrogens is 1. The van der Waals surface area contributed by atoms with Crippen molar-refractivity contribution >= 4 is 46.0 Å². The maximum Gasteiger partial charge on any atom is 0.249 e. The van der Waals surface area contributed by atoms with Crippen LogP contribution in [0.15, 0.2) is 39.7 Å². The highest BCUT2D eigenvalue weighted by Gasteiger charge is 2.33. The van der Waals surface area contributed by atoms with Gasteiger partial charge in [0.25, 0.3) is 0 Å². The second-order valence-electron chi connectivity index (χ2n) is 7.46. The van der Waals surface area contributed by atoms with Crippen LogP contribution in [0.5, 0.6) is 0 Å². The molecule has 0 saturated carbocycles. The van der Waals surface area contributed by atoms with E-state index in [1.54, 1.807) is 6.20 Å². The molecule has 7 nitrogen and oxygen atoms in total. The van der Waals surface area contributed by atoms with Crippen LogP contribution in [0, 0.1) is 0 Å². The summed E-state index contributed by atoms with van der Waals surface area (Å²) in [5, 5.41) is 9.15. The number of halogens is 2. The lowest BCUT2D eigenvalue weighted by Gasteiger charge is -2.12. The normalized spacial score (nSPS) is 21.7. The first-order chi connectivity index (χ1) is 13.3. The summed E-state index contributed by atoms with van der Waals surface area (Å²) in [4.78, 5) is 31.4. The van der Waals surface area contributed by atoms with E-state index in [9.17, 15) is 9.59 Å². The molecule has 2 unspecified atom stereocenters. The minimum atomic E-state index is -0.438. The maximum absolute atomic E-state index is 12.7. The number of rotatable bonds is 6. The number of nitrogens with zero attached hydrogens (tertiary/aromatic N) is 2. The standard InChI is InChI=1S/C20H26BrN5O2.ClH/c1-11-16(9-15-14-8-13(21)10-23-18(14)25-19(15)27)24-12(2)17(11)20(28)22-6-5-7-26(3)4;/h8-10,12,15,24H,5-7H2,1-4H3,(H,22,28)(H,23,25,27);1H/b16-9-;. The fraction of sp³-hybridized carbons (Fsp3) is 0.450. The molecule has 0 aliphatic carbocycles. The Labute approximate surface area is 185 Å². The molecule has 0 spiro atoms. The van der Waals surface area contributed by atoms with E-state index in [-0.39, 0.29) is 30.3 Å². The molecule has 9 heteroatoms. The minimum absolute atomic E-state index is 0. The van der Waals surface area contributed by atoms with E-state index in [4.69, 9.17) is 0 Å². The molecule has 0 saturated heterocycles. The zero-order valence-electron chi connectivity index (χ0n) is 17.0. The number of hydrogen-bond donors (Lipinski definition) is 3. The van der Waals surface area contributed by atoms with Crippen molar-refractivity contribution < 1.29 is 9.59 Å². The van der Waals surface area contributed by atoms with Gasteiger partial charge in [-0.2, -0.15) is 0 Å². The smallest absolute Gasteiger partial charge is 0.249 e. The lowest BCUT2D eigenvalue weighted by molar-refractivity contribution is -0.118. The van der Waals surface area contributed by atoms with Crippen LogP contribution in [-0.4, -0.2) is 54.9 Å². The average Bonchev–Trinajstić information content (AvgIpc) is 3.08. The van der Waals surface area contributed by atoms with Crippen molar-refractivity contribution in [3.63, 3.8) is 0 Å². The number of amides is 2. The van der Waals surface area contributed by atoms with Gasteiger partial charge in [-0.15, -0.1) is 12.4 Å². The summed E-state index contributed by atoms with van der Waals surface area (Å²) in [5.74, 6) is -0.0222. The Bertz CT molecular complexity index is 868. The van der Waals surface area contributed by atoms with E-state index in [1.165, 1.54) is 0 Å². The Balaban J connectivity index is 0.00000300. The molecule has 1 aromatic heterocycles. The first-order valence-electron chi connectivity index (χ1n) is 9.36. The van der Waals surface area contributed by atoms with Gasteiger partial charge in [0.1, 0.15) is 5.82 Å². The predicted molar refractivity (Wildman–Crippen MR) is 120 cm³/mol. The van der Waals surface area contributed by atoms with Gasteiger partial charge in [0, 0.05) is 34.0 Å². The highest BCUT2D eigenvalue weighted by molar-refractivity contribution is 9.10. The molecular weight excluding hydrogens is 458 g/mol. The summed E-state index contributed by atoms with van der Waals surface area (Å²) in [6.45, 7) is 5.44. The molecular formula is C20H27BrClN5O2. The number of hydrogen-bond acceptors (Lipinski definition) is 5. The van der Waals surface area contributed by atoms with Crippen molar-refractivity contribution in [1.82, 2.24) is 20.5 Å². The van der Waals surface area contributed by atoms with Gasteiger partial charge in [0.05, 0.1) is 12.0 Å². The number of carbonyl (C=O) groups excluding carboxylic acids is 2. The van der Waals surface area contributed by atoms with Gasteiger partial charge in [-0.3, -0.25) is 9.59 Å². The number of nitrogens with one attached hydrogen (secondary N) is 3. The Morgan fingerprint density at radius 3 is 2.83 bits per heavy atom. The lowest BCUT2D eigenvalue weighted by atomic mass is 9.99.